The second-order valence-corrected chi connectivity index (χ2v) is 6.61. The molecule has 0 bridgehead atoms. The van der Waals surface area contributed by atoms with Crippen molar-refractivity contribution in [1.82, 2.24) is 14.9 Å². The summed E-state index contributed by atoms with van der Waals surface area (Å²) in [7, 11) is 0. The number of nitrogens with zero attached hydrogens (tertiary/aromatic N) is 4. The minimum atomic E-state index is 0.418. The standard InChI is InChI=1S/C16H22N4S/c1-12-11-21-16(18-12)20-8-7-19(10-13(20)2)14(3)15-5-4-6-17-9-15/h4-6,9,11,13-14H,7-8,10H2,1-3H3. The van der Waals surface area contributed by atoms with Gasteiger partial charge >= 0.3 is 0 Å². The Bertz CT molecular complexity index is 583. The fourth-order valence-corrected chi connectivity index (χ4v) is 3.86. The Kier molecular flexibility index (Phi) is 4.22. The Morgan fingerprint density at radius 2 is 2.24 bits per heavy atom. The number of rotatable bonds is 3. The molecule has 4 nitrogen and oxygen atoms in total. The number of aromatic nitrogens is 2. The maximum absolute atomic E-state index is 4.63. The van der Waals surface area contributed by atoms with Crippen molar-refractivity contribution < 1.29 is 0 Å². The van der Waals surface area contributed by atoms with Crippen LogP contribution in [0.15, 0.2) is 29.9 Å². The van der Waals surface area contributed by atoms with Crippen LogP contribution < -0.4 is 4.90 Å². The van der Waals surface area contributed by atoms with Gasteiger partial charge in [-0.25, -0.2) is 4.98 Å². The molecule has 112 valence electrons. The third kappa shape index (κ3) is 3.09. The number of thiazole rings is 1. The summed E-state index contributed by atoms with van der Waals surface area (Å²) < 4.78 is 0. The number of anilines is 1. The maximum atomic E-state index is 4.63. The van der Waals surface area contributed by atoms with Crippen LogP contribution in [0.2, 0.25) is 0 Å². The molecule has 0 aromatic carbocycles. The number of piperazine rings is 1. The minimum Gasteiger partial charge on any atom is -0.343 e. The van der Waals surface area contributed by atoms with E-state index in [1.165, 1.54) is 5.56 Å². The average Bonchev–Trinajstić information content (AvgIpc) is 2.93. The number of hydrogen-bond acceptors (Lipinski definition) is 5. The van der Waals surface area contributed by atoms with Crippen LogP contribution in [0.5, 0.6) is 0 Å². The molecule has 2 aromatic rings. The molecule has 3 rings (SSSR count). The highest BCUT2D eigenvalue weighted by atomic mass is 32.1. The fraction of sp³-hybridized carbons (Fsp3) is 0.500. The van der Waals surface area contributed by atoms with E-state index < -0.39 is 0 Å². The van der Waals surface area contributed by atoms with Crippen molar-refractivity contribution in [3.05, 3.63) is 41.2 Å². The first-order chi connectivity index (χ1) is 10.1. The minimum absolute atomic E-state index is 0.418. The zero-order chi connectivity index (χ0) is 14.8. The van der Waals surface area contributed by atoms with Crippen molar-refractivity contribution in [2.75, 3.05) is 24.5 Å². The monoisotopic (exact) mass is 302 g/mol. The van der Waals surface area contributed by atoms with Gasteiger partial charge in [0, 0.05) is 49.5 Å². The molecule has 5 heteroatoms. The molecule has 1 aliphatic rings. The highest BCUT2D eigenvalue weighted by Crippen LogP contribution is 2.28. The average molecular weight is 302 g/mol. The predicted molar refractivity (Wildman–Crippen MR) is 87.9 cm³/mol. The molecule has 21 heavy (non-hydrogen) atoms. The lowest BCUT2D eigenvalue weighted by atomic mass is 10.1. The summed E-state index contributed by atoms with van der Waals surface area (Å²) in [6.45, 7) is 9.80. The van der Waals surface area contributed by atoms with Gasteiger partial charge in [-0.15, -0.1) is 11.3 Å². The molecule has 2 atom stereocenters. The number of aryl methyl sites for hydroxylation is 1. The van der Waals surface area contributed by atoms with Crippen molar-refractivity contribution in [2.24, 2.45) is 0 Å². The first kappa shape index (κ1) is 14.5. The molecular weight excluding hydrogens is 280 g/mol. The molecule has 0 aliphatic carbocycles. The Hall–Kier alpha value is -1.46. The first-order valence-corrected chi connectivity index (χ1v) is 8.36. The summed E-state index contributed by atoms with van der Waals surface area (Å²) >= 11 is 1.75. The zero-order valence-electron chi connectivity index (χ0n) is 12.9. The van der Waals surface area contributed by atoms with E-state index in [0.717, 1.165) is 30.5 Å². The predicted octanol–water partition coefficient (Wildman–Crippen LogP) is 3.12. The summed E-state index contributed by atoms with van der Waals surface area (Å²) in [5, 5.41) is 3.29. The number of hydrogen-bond donors (Lipinski definition) is 0. The van der Waals surface area contributed by atoms with Crippen LogP contribution in [0.1, 0.15) is 31.1 Å². The molecule has 0 spiro atoms. The lowest BCUT2D eigenvalue weighted by Crippen LogP contribution is -2.52. The SMILES string of the molecule is Cc1csc(N2CCN(C(C)c3cccnc3)CC2C)n1. The van der Waals surface area contributed by atoms with Gasteiger partial charge in [-0.05, 0) is 32.4 Å². The Morgan fingerprint density at radius 1 is 1.38 bits per heavy atom. The van der Waals surface area contributed by atoms with Crippen LogP contribution in [0, 0.1) is 6.92 Å². The normalized spacial score (nSPS) is 21.5. The van der Waals surface area contributed by atoms with E-state index in [1.54, 1.807) is 11.3 Å². The van der Waals surface area contributed by atoms with Gasteiger partial charge in [0.1, 0.15) is 0 Å². The van der Waals surface area contributed by atoms with E-state index in [1.807, 2.05) is 18.5 Å². The second kappa shape index (κ2) is 6.12. The summed E-state index contributed by atoms with van der Waals surface area (Å²) in [6.07, 6.45) is 3.81. The lowest BCUT2D eigenvalue weighted by Gasteiger charge is -2.42. The topological polar surface area (TPSA) is 32.3 Å². The third-order valence-corrected chi connectivity index (χ3v) is 5.22. The van der Waals surface area contributed by atoms with Crippen molar-refractivity contribution >= 4 is 16.5 Å². The molecule has 1 aliphatic heterocycles. The fourth-order valence-electron chi connectivity index (χ4n) is 2.93. The van der Waals surface area contributed by atoms with Gasteiger partial charge in [-0.2, -0.15) is 0 Å². The largest absolute Gasteiger partial charge is 0.343 e. The van der Waals surface area contributed by atoms with Gasteiger partial charge in [0.15, 0.2) is 5.13 Å². The maximum Gasteiger partial charge on any atom is 0.185 e. The molecule has 1 saturated heterocycles. The van der Waals surface area contributed by atoms with E-state index in [9.17, 15) is 0 Å². The van der Waals surface area contributed by atoms with Gasteiger partial charge in [0.05, 0.1) is 5.69 Å². The summed E-state index contributed by atoms with van der Waals surface area (Å²) in [6, 6.07) is 5.09. The molecule has 0 amide bonds. The van der Waals surface area contributed by atoms with Crippen molar-refractivity contribution in [3.63, 3.8) is 0 Å². The smallest absolute Gasteiger partial charge is 0.185 e. The van der Waals surface area contributed by atoms with E-state index in [4.69, 9.17) is 0 Å². The third-order valence-electron chi connectivity index (χ3n) is 4.23. The van der Waals surface area contributed by atoms with Crippen LogP contribution in [-0.2, 0) is 0 Å². The lowest BCUT2D eigenvalue weighted by molar-refractivity contribution is 0.175. The van der Waals surface area contributed by atoms with E-state index >= 15 is 0 Å². The quantitative estimate of drug-likeness (QED) is 0.872. The summed E-state index contributed by atoms with van der Waals surface area (Å²) in [5.74, 6) is 0. The van der Waals surface area contributed by atoms with Crippen molar-refractivity contribution in [2.45, 2.75) is 32.9 Å². The Labute approximate surface area is 130 Å². The molecule has 0 N–H and O–H groups in total. The zero-order valence-corrected chi connectivity index (χ0v) is 13.7. The highest BCUT2D eigenvalue weighted by molar-refractivity contribution is 7.13. The van der Waals surface area contributed by atoms with Crippen molar-refractivity contribution in [1.29, 1.82) is 0 Å². The van der Waals surface area contributed by atoms with Gasteiger partial charge in [0.25, 0.3) is 0 Å². The molecule has 2 unspecified atom stereocenters. The van der Waals surface area contributed by atoms with E-state index in [2.05, 4.69) is 52.0 Å². The Morgan fingerprint density at radius 3 is 2.86 bits per heavy atom. The molecule has 0 radical (unpaired) electrons. The van der Waals surface area contributed by atoms with Gasteiger partial charge < -0.3 is 4.90 Å². The van der Waals surface area contributed by atoms with Gasteiger partial charge in [-0.3, -0.25) is 9.88 Å². The molecule has 1 fully saturated rings. The van der Waals surface area contributed by atoms with Crippen LogP contribution in [0.25, 0.3) is 0 Å². The molecular formula is C16H22N4S. The van der Waals surface area contributed by atoms with Crippen LogP contribution in [0.4, 0.5) is 5.13 Å². The van der Waals surface area contributed by atoms with Crippen molar-refractivity contribution in [3.8, 4) is 0 Å². The molecule has 0 saturated carbocycles. The van der Waals surface area contributed by atoms with E-state index in [-0.39, 0.29) is 0 Å². The Balaban J connectivity index is 1.68. The van der Waals surface area contributed by atoms with Crippen LogP contribution >= 0.6 is 11.3 Å². The molecule has 3 heterocycles. The summed E-state index contributed by atoms with van der Waals surface area (Å²) in [5.41, 5.74) is 2.41. The van der Waals surface area contributed by atoms with Gasteiger partial charge in [0.2, 0.25) is 0 Å². The molecule has 2 aromatic heterocycles. The second-order valence-electron chi connectivity index (χ2n) is 5.77. The van der Waals surface area contributed by atoms with Crippen LogP contribution in [-0.4, -0.2) is 40.5 Å². The first-order valence-electron chi connectivity index (χ1n) is 7.48. The highest BCUT2D eigenvalue weighted by Gasteiger charge is 2.28. The van der Waals surface area contributed by atoms with Crippen LogP contribution in [0.3, 0.4) is 0 Å². The van der Waals surface area contributed by atoms with Gasteiger partial charge in [-0.1, -0.05) is 6.07 Å². The number of pyridine rings is 1. The van der Waals surface area contributed by atoms with E-state index in [0.29, 0.717) is 12.1 Å². The summed E-state index contributed by atoms with van der Waals surface area (Å²) in [4.78, 5) is 13.8.